The molecule has 3 rings (SSSR count). The smallest absolute Gasteiger partial charge is 0.343 e. The van der Waals surface area contributed by atoms with Crippen molar-refractivity contribution in [1.82, 2.24) is 0 Å². The maximum Gasteiger partial charge on any atom is 0.343 e. The summed E-state index contributed by atoms with van der Waals surface area (Å²) in [5.74, 6) is -0.408. The third kappa shape index (κ3) is 7.41. The van der Waals surface area contributed by atoms with Gasteiger partial charge >= 0.3 is 17.9 Å². The van der Waals surface area contributed by atoms with E-state index >= 15 is 0 Å². The Hall–Kier alpha value is -4.17. The highest BCUT2D eigenvalue weighted by Crippen LogP contribution is 2.19. The summed E-state index contributed by atoms with van der Waals surface area (Å²) in [5, 5.41) is 0. The van der Waals surface area contributed by atoms with Crippen LogP contribution >= 0.6 is 0 Å². The molecule has 3 aromatic rings. The van der Waals surface area contributed by atoms with Gasteiger partial charge in [0.1, 0.15) is 17.2 Å². The minimum atomic E-state index is -0.593. The molecule has 0 aliphatic carbocycles. The lowest BCUT2D eigenvalue weighted by Crippen LogP contribution is -2.11. The van der Waals surface area contributed by atoms with E-state index in [9.17, 15) is 14.4 Å². The van der Waals surface area contributed by atoms with Gasteiger partial charge in [-0.15, -0.1) is 0 Å². The monoisotopic (exact) mass is 478 g/mol. The molecule has 0 saturated carbocycles. The molecule has 0 heterocycles. The van der Waals surface area contributed by atoms with Gasteiger partial charge in [0.25, 0.3) is 0 Å². The third-order valence-corrected chi connectivity index (χ3v) is 5.07. The Balaban J connectivity index is 1.52. The van der Waals surface area contributed by atoms with E-state index in [4.69, 9.17) is 18.9 Å². The maximum absolute atomic E-state index is 12.4. The summed E-state index contributed by atoms with van der Waals surface area (Å²) >= 11 is 0. The van der Waals surface area contributed by atoms with Gasteiger partial charge in [0.05, 0.1) is 36.5 Å². The number of carbonyl (C=O) groups is 3. The van der Waals surface area contributed by atoms with Crippen molar-refractivity contribution in [3.63, 3.8) is 0 Å². The van der Waals surface area contributed by atoms with Crippen LogP contribution in [0, 0.1) is 0 Å². The second kappa shape index (κ2) is 12.3. The van der Waals surface area contributed by atoms with Crippen molar-refractivity contribution in [2.45, 2.75) is 19.4 Å². The topological polar surface area (TPSA) is 97.4 Å². The number of hydrogen-bond acceptors (Lipinski definition) is 8. The van der Waals surface area contributed by atoms with Crippen LogP contribution in [0.4, 0.5) is 0 Å². The molecule has 8 heteroatoms. The fraction of sp³-hybridized carbons (Fsp3) is 0.222. The molecule has 0 saturated heterocycles. The zero-order chi connectivity index (χ0) is 25.2. The van der Waals surface area contributed by atoms with Crippen LogP contribution in [0.3, 0.4) is 0 Å². The van der Waals surface area contributed by atoms with Crippen LogP contribution in [-0.4, -0.2) is 44.8 Å². The molecule has 0 bridgehead atoms. The van der Waals surface area contributed by atoms with Crippen molar-refractivity contribution in [3.8, 4) is 17.2 Å². The third-order valence-electron chi connectivity index (χ3n) is 5.07. The highest BCUT2D eigenvalue weighted by Gasteiger charge is 2.13. The summed E-state index contributed by atoms with van der Waals surface area (Å²) in [6.07, 6.45) is 0.864. The van der Waals surface area contributed by atoms with Gasteiger partial charge in [0.2, 0.25) is 0 Å². The maximum atomic E-state index is 12.4. The van der Waals surface area contributed by atoms with Crippen molar-refractivity contribution in [2.75, 3.05) is 20.8 Å². The molecular formula is C27H26O8. The molecular weight excluding hydrogens is 452 g/mol. The minimum absolute atomic E-state index is 0.108. The quantitative estimate of drug-likeness (QED) is 0.305. The van der Waals surface area contributed by atoms with Gasteiger partial charge in [-0.1, -0.05) is 0 Å². The lowest BCUT2D eigenvalue weighted by Gasteiger charge is -2.11. The molecule has 0 aliphatic rings. The van der Waals surface area contributed by atoms with Gasteiger partial charge in [0.15, 0.2) is 0 Å². The zero-order valence-electron chi connectivity index (χ0n) is 19.7. The molecule has 8 nitrogen and oxygen atoms in total. The van der Waals surface area contributed by atoms with Crippen molar-refractivity contribution >= 4 is 17.9 Å². The molecule has 3 aromatic carbocycles. The first-order valence-electron chi connectivity index (χ1n) is 10.9. The fourth-order valence-electron chi connectivity index (χ4n) is 2.92. The molecule has 0 fully saturated rings. The normalized spacial score (nSPS) is 11.3. The van der Waals surface area contributed by atoms with Gasteiger partial charge in [-0.25, -0.2) is 14.4 Å². The second-order valence-electron chi connectivity index (χ2n) is 7.53. The predicted molar refractivity (Wildman–Crippen MR) is 127 cm³/mol. The van der Waals surface area contributed by atoms with Gasteiger partial charge in [-0.2, -0.15) is 0 Å². The number of rotatable bonds is 10. The van der Waals surface area contributed by atoms with Crippen LogP contribution < -0.4 is 14.2 Å². The average molecular weight is 478 g/mol. The van der Waals surface area contributed by atoms with E-state index in [1.54, 1.807) is 31.4 Å². The molecule has 1 atom stereocenters. The van der Waals surface area contributed by atoms with Gasteiger partial charge < -0.3 is 23.7 Å². The summed E-state index contributed by atoms with van der Waals surface area (Å²) in [5.41, 5.74) is 0.977. The van der Waals surface area contributed by atoms with Crippen molar-refractivity contribution in [2.24, 2.45) is 0 Å². The van der Waals surface area contributed by atoms with E-state index in [1.165, 1.54) is 55.6 Å². The average Bonchev–Trinajstić information content (AvgIpc) is 2.89. The Morgan fingerprint density at radius 1 is 0.629 bits per heavy atom. The number of carbonyl (C=O) groups excluding carboxylic acids is 3. The molecule has 182 valence electrons. The molecule has 0 amide bonds. The number of hydrogen-bond donors (Lipinski definition) is 0. The zero-order valence-corrected chi connectivity index (χ0v) is 19.7. The molecule has 0 aromatic heterocycles. The van der Waals surface area contributed by atoms with Crippen molar-refractivity contribution in [3.05, 3.63) is 89.5 Å². The standard InChI is InChI=1S/C27H26O8/c1-18(31-2)16-17-33-22-10-4-20(5-11-22)26(29)35-24-14-8-21(9-15-24)27(30)34-23-12-6-19(7-13-23)25(28)32-3/h4-15,18H,16-17H2,1-3H3. The predicted octanol–water partition coefficient (Wildman–Crippen LogP) is 4.72. The molecule has 1 unspecified atom stereocenters. The number of benzene rings is 3. The van der Waals surface area contributed by atoms with Crippen molar-refractivity contribution in [1.29, 1.82) is 0 Å². The lowest BCUT2D eigenvalue weighted by atomic mass is 10.2. The Morgan fingerprint density at radius 3 is 1.43 bits per heavy atom. The van der Waals surface area contributed by atoms with E-state index in [-0.39, 0.29) is 23.2 Å². The minimum Gasteiger partial charge on any atom is -0.493 e. The van der Waals surface area contributed by atoms with Crippen LogP contribution in [0.2, 0.25) is 0 Å². The van der Waals surface area contributed by atoms with Crippen LogP contribution in [-0.2, 0) is 9.47 Å². The van der Waals surface area contributed by atoms with E-state index in [1.807, 2.05) is 6.92 Å². The first-order chi connectivity index (χ1) is 16.9. The van der Waals surface area contributed by atoms with Gasteiger partial charge in [-0.05, 0) is 79.7 Å². The summed E-state index contributed by atoms with van der Waals surface area (Å²) in [4.78, 5) is 36.3. The first kappa shape index (κ1) is 25.5. The van der Waals surface area contributed by atoms with E-state index < -0.39 is 17.9 Å². The van der Waals surface area contributed by atoms with E-state index in [2.05, 4.69) is 4.74 Å². The summed E-state index contributed by atoms with van der Waals surface area (Å²) in [6, 6.07) is 18.6. The Labute approximate surface area is 203 Å². The SMILES string of the molecule is COC(=O)c1ccc(OC(=O)c2ccc(OC(=O)c3ccc(OCCC(C)OC)cc3)cc2)cc1. The Kier molecular flexibility index (Phi) is 8.97. The summed E-state index contributed by atoms with van der Waals surface area (Å²) < 4.78 is 26.1. The fourth-order valence-corrected chi connectivity index (χ4v) is 2.92. The Morgan fingerprint density at radius 2 is 1.03 bits per heavy atom. The van der Waals surface area contributed by atoms with Crippen LogP contribution in [0.5, 0.6) is 17.2 Å². The molecule has 0 radical (unpaired) electrons. The lowest BCUT2D eigenvalue weighted by molar-refractivity contribution is 0.0600. The first-order valence-corrected chi connectivity index (χ1v) is 10.9. The number of esters is 3. The van der Waals surface area contributed by atoms with Crippen LogP contribution in [0.25, 0.3) is 0 Å². The Bertz CT molecular complexity index is 1140. The number of ether oxygens (including phenoxy) is 5. The summed E-state index contributed by atoms with van der Waals surface area (Å²) in [7, 11) is 2.94. The van der Waals surface area contributed by atoms with Crippen LogP contribution in [0.15, 0.2) is 72.8 Å². The summed E-state index contributed by atoms with van der Waals surface area (Å²) in [6.45, 7) is 2.47. The van der Waals surface area contributed by atoms with Crippen molar-refractivity contribution < 1.29 is 38.1 Å². The number of methoxy groups -OCH3 is 2. The molecule has 0 spiro atoms. The van der Waals surface area contributed by atoms with Gasteiger partial charge in [-0.3, -0.25) is 0 Å². The van der Waals surface area contributed by atoms with E-state index in [0.717, 1.165) is 6.42 Å². The van der Waals surface area contributed by atoms with Crippen LogP contribution in [0.1, 0.15) is 44.4 Å². The molecule has 35 heavy (non-hydrogen) atoms. The molecule has 0 N–H and O–H groups in total. The highest BCUT2D eigenvalue weighted by molar-refractivity contribution is 5.93. The largest absolute Gasteiger partial charge is 0.493 e. The second-order valence-corrected chi connectivity index (χ2v) is 7.53. The molecule has 0 aliphatic heterocycles. The van der Waals surface area contributed by atoms with Gasteiger partial charge in [0, 0.05) is 13.5 Å². The highest BCUT2D eigenvalue weighted by atomic mass is 16.5. The van der Waals surface area contributed by atoms with E-state index in [0.29, 0.717) is 23.5 Å².